The van der Waals surface area contributed by atoms with E-state index in [-0.39, 0.29) is 67.9 Å². The number of nitrogens with one attached hydrogen (secondary N) is 8. The van der Waals surface area contributed by atoms with Gasteiger partial charge in [-0.05, 0) is 118 Å². The van der Waals surface area contributed by atoms with Gasteiger partial charge in [-0.15, -0.1) is 0 Å². The maximum absolute atomic E-state index is 14.5. The molecule has 1 saturated heterocycles. The Kier molecular flexibility index (Phi) is 19.8. The van der Waals surface area contributed by atoms with E-state index in [9.17, 15) is 33.6 Å². The van der Waals surface area contributed by atoms with E-state index in [1.807, 2.05) is 77.9 Å². The Morgan fingerprint density at radius 1 is 0.648 bits per heavy atom. The van der Waals surface area contributed by atoms with Gasteiger partial charge in [0, 0.05) is 31.8 Å². The molecule has 3 aliphatic rings. The average Bonchev–Trinajstić information content (AvgIpc) is 3.76. The van der Waals surface area contributed by atoms with E-state index in [1.165, 1.54) is 16.0 Å². The number of nitrogens with zero attached hydrogens (tertiary/aromatic N) is 1. The second kappa shape index (κ2) is 25.2. The van der Waals surface area contributed by atoms with E-state index in [0.29, 0.717) is 0 Å². The first kappa shape index (κ1) is 55.7. The van der Waals surface area contributed by atoms with Gasteiger partial charge in [0.25, 0.3) is 0 Å². The normalized spacial score (nSPS) is 20.5. The summed E-state index contributed by atoms with van der Waals surface area (Å²) in [6, 6.07) is 10.1. The van der Waals surface area contributed by atoms with Crippen molar-refractivity contribution in [2.45, 2.75) is 174 Å². The molecule has 5 rings (SSSR count). The molecule has 0 radical (unpaired) electrons. The lowest BCUT2D eigenvalue weighted by molar-refractivity contribution is -0.144. The lowest BCUT2D eigenvalue weighted by Crippen LogP contribution is -2.59. The van der Waals surface area contributed by atoms with Crippen molar-refractivity contribution in [2.24, 2.45) is 10.8 Å². The molecule has 1 aliphatic heterocycles. The van der Waals surface area contributed by atoms with E-state index in [4.69, 9.17) is 0 Å². The van der Waals surface area contributed by atoms with E-state index < -0.39 is 70.8 Å². The second-order valence-corrected chi connectivity index (χ2v) is 21.3. The molecular formula is C55H77N9O7. The van der Waals surface area contributed by atoms with Crippen LogP contribution in [0.2, 0.25) is 0 Å². The Hall–Kier alpha value is -6.23. The molecule has 2 aliphatic carbocycles. The van der Waals surface area contributed by atoms with Crippen LogP contribution in [0.5, 0.6) is 0 Å². The highest BCUT2D eigenvalue weighted by Gasteiger charge is 2.46. The van der Waals surface area contributed by atoms with Gasteiger partial charge in [0.2, 0.25) is 41.4 Å². The Balaban J connectivity index is 1.26. The highest BCUT2D eigenvalue weighted by atomic mass is 16.2. The molecule has 1 fully saturated rings. The van der Waals surface area contributed by atoms with Gasteiger partial charge in [-0.1, -0.05) is 102 Å². The molecule has 0 unspecified atom stereocenters. The molecule has 8 N–H and O–H groups in total. The van der Waals surface area contributed by atoms with Crippen LogP contribution in [0.3, 0.4) is 0 Å². The maximum atomic E-state index is 14.5. The monoisotopic (exact) mass is 976 g/mol. The molecule has 16 heteroatoms. The Bertz CT molecular complexity index is 2380. The van der Waals surface area contributed by atoms with Crippen LogP contribution in [-0.2, 0) is 46.4 Å². The summed E-state index contributed by atoms with van der Waals surface area (Å²) in [4.78, 5) is 97.4. The van der Waals surface area contributed by atoms with E-state index in [1.54, 1.807) is 27.9 Å². The van der Waals surface area contributed by atoms with Crippen molar-refractivity contribution in [3.8, 4) is 23.7 Å². The highest BCUT2D eigenvalue weighted by molar-refractivity contribution is 5.95. The molecule has 16 nitrogen and oxygen atoms in total. The van der Waals surface area contributed by atoms with Crippen LogP contribution in [0.4, 0.5) is 0 Å². The lowest BCUT2D eigenvalue weighted by Gasteiger charge is -2.36. The second-order valence-electron chi connectivity index (χ2n) is 21.3. The fourth-order valence-electron chi connectivity index (χ4n) is 9.31. The van der Waals surface area contributed by atoms with E-state index in [0.717, 1.165) is 49.7 Å². The standard InChI is InChI=1S/C55H77N9O7/c1-34(56-9)48(66)62-46(54(3,4)5)52(70)61-43(50(68)59-41-29-20-24-36-22-16-18-26-39(36)41)28-14-12-11-13-15-31-45(65)58-38-32-44(51(69)60-42-30-21-25-37-23-17-19-27-40(37)42)64(33-38)53(71)47(55(6,7)8)63-49(67)35(2)57-10/h16-19,22-23,26-27,34-35,38,41-44,46-47,56-57H,15,20-21,24-25,28-33H2,1-10H3,(H,58,65)(H,59,68)(H,60,69)(H,61,70)(H,62,66)(H,63,67)/t34-,35+,38+,41-,42-,43+,44+,46+,47-/m1/s1. The third kappa shape index (κ3) is 15.4. The molecule has 7 amide bonds. The van der Waals surface area contributed by atoms with Gasteiger partial charge in [-0.3, -0.25) is 33.6 Å². The van der Waals surface area contributed by atoms with Gasteiger partial charge in [0.05, 0.1) is 24.2 Å². The van der Waals surface area contributed by atoms with Gasteiger partial charge in [0.15, 0.2) is 0 Å². The zero-order valence-corrected chi connectivity index (χ0v) is 43.4. The first-order chi connectivity index (χ1) is 33.6. The summed E-state index contributed by atoms with van der Waals surface area (Å²) in [7, 11) is 3.32. The van der Waals surface area contributed by atoms with Gasteiger partial charge >= 0.3 is 0 Å². The number of fused-ring (bicyclic) bond motifs is 2. The van der Waals surface area contributed by atoms with Crippen LogP contribution >= 0.6 is 0 Å². The number of carbonyl (C=O) groups excluding carboxylic acids is 7. The number of benzene rings is 2. The third-order valence-corrected chi connectivity index (χ3v) is 13.7. The molecule has 2 aromatic rings. The smallest absolute Gasteiger partial charge is 0.246 e. The number of likely N-dealkylation sites (tertiary alicyclic amines) is 1. The van der Waals surface area contributed by atoms with Crippen molar-refractivity contribution in [3.05, 3.63) is 70.8 Å². The van der Waals surface area contributed by atoms with E-state index in [2.05, 4.69) is 78.3 Å². The van der Waals surface area contributed by atoms with Crippen molar-refractivity contribution in [1.29, 1.82) is 0 Å². The molecule has 1 heterocycles. The van der Waals surface area contributed by atoms with Crippen LogP contribution in [0.1, 0.15) is 141 Å². The molecule has 9 atom stereocenters. The SMILES string of the molecule is CN[C@@H](C)C(=O)N[C@H](C(=O)N1C[C@@H](NC(=O)CCC#CC#CC[C@H](NC(=O)[C@H](NC(=O)[C@@H](C)NC)C(C)(C)C)C(=O)N[C@@H]2CCCc3ccccc32)C[C@H]1C(=O)N[C@@H]1CCCc2ccccc21)C(C)(C)C. The molecule has 71 heavy (non-hydrogen) atoms. The van der Waals surface area contributed by atoms with Crippen molar-refractivity contribution in [2.75, 3.05) is 20.6 Å². The summed E-state index contributed by atoms with van der Waals surface area (Å²) in [5.41, 5.74) is 3.06. The molecule has 0 saturated carbocycles. The summed E-state index contributed by atoms with van der Waals surface area (Å²) in [6.07, 6.45) is 5.45. The summed E-state index contributed by atoms with van der Waals surface area (Å²) in [5, 5.41) is 23.8. The summed E-state index contributed by atoms with van der Waals surface area (Å²) in [6.45, 7) is 14.5. The zero-order valence-electron chi connectivity index (χ0n) is 43.4. The maximum Gasteiger partial charge on any atom is 0.246 e. The van der Waals surface area contributed by atoms with E-state index >= 15 is 0 Å². The predicted octanol–water partition coefficient (Wildman–Crippen LogP) is 3.40. The molecule has 0 aromatic heterocycles. The highest BCUT2D eigenvalue weighted by Crippen LogP contribution is 2.32. The van der Waals surface area contributed by atoms with Gasteiger partial charge in [0.1, 0.15) is 24.2 Å². The Morgan fingerprint density at radius 2 is 1.17 bits per heavy atom. The number of amides is 7. The van der Waals surface area contributed by atoms with Crippen molar-refractivity contribution in [3.63, 3.8) is 0 Å². The molecular weight excluding hydrogens is 899 g/mol. The van der Waals surface area contributed by atoms with Gasteiger partial charge in [-0.2, -0.15) is 0 Å². The number of aryl methyl sites for hydroxylation is 2. The molecule has 0 bridgehead atoms. The largest absolute Gasteiger partial charge is 0.351 e. The minimum absolute atomic E-state index is 0.0213. The van der Waals surface area contributed by atoms with Crippen LogP contribution in [0.25, 0.3) is 0 Å². The number of rotatable bonds is 17. The summed E-state index contributed by atoms with van der Waals surface area (Å²) in [5.74, 6) is 8.71. The topological polar surface area (TPSA) is 219 Å². The van der Waals surface area contributed by atoms with Crippen LogP contribution < -0.4 is 42.5 Å². The fourth-order valence-corrected chi connectivity index (χ4v) is 9.31. The summed E-state index contributed by atoms with van der Waals surface area (Å²) >= 11 is 0. The minimum atomic E-state index is -1.06. The number of hydrogen-bond donors (Lipinski definition) is 8. The minimum Gasteiger partial charge on any atom is -0.351 e. The van der Waals surface area contributed by atoms with Crippen molar-refractivity contribution >= 4 is 41.4 Å². The quantitative estimate of drug-likeness (QED) is 0.109. The summed E-state index contributed by atoms with van der Waals surface area (Å²) < 4.78 is 0. The Morgan fingerprint density at radius 3 is 1.72 bits per heavy atom. The molecule has 0 spiro atoms. The van der Waals surface area contributed by atoms with Crippen LogP contribution in [-0.4, -0.2) is 109 Å². The molecule has 384 valence electrons. The van der Waals surface area contributed by atoms with Crippen LogP contribution in [0, 0.1) is 34.5 Å². The predicted molar refractivity (Wildman–Crippen MR) is 274 cm³/mol. The van der Waals surface area contributed by atoms with Crippen LogP contribution in [0.15, 0.2) is 48.5 Å². The van der Waals surface area contributed by atoms with Crippen molar-refractivity contribution in [1.82, 2.24) is 47.4 Å². The molecule has 2 aromatic carbocycles. The van der Waals surface area contributed by atoms with Crippen molar-refractivity contribution < 1.29 is 33.6 Å². The number of likely N-dealkylation sites (N-methyl/N-ethyl adjacent to an activating group) is 2. The average molecular weight is 976 g/mol. The van der Waals surface area contributed by atoms with Gasteiger partial charge in [-0.25, -0.2) is 0 Å². The Labute approximate surface area is 420 Å². The third-order valence-electron chi connectivity index (χ3n) is 13.7. The fraction of sp³-hybridized carbons (Fsp3) is 0.582. The number of hydrogen-bond acceptors (Lipinski definition) is 9. The van der Waals surface area contributed by atoms with Gasteiger partial charge < -0.3 is 47.4 Å². The lowest BCUT2D eigenvalue weighted by atomic mass is 9.85. The first-order valence-electron chi connectivity index (χ1n) is 25.2. The number of carbonyl (C=O) groups is 7. The zero-order chi connectivity index (χ0) is 52.0. The first-order valence-corrected chi connectivity index (χ1v) is 25.2.